The van der Waals surface area contributed by atoms with Crippen LogP contribution >= 0.6 is 11.3 Å². The summed E-state index contributed by atoms with van der Waals surface area (Å²) < 4.78 is 10.7. The Morgan fingerprint density at radius 2 is 2.00 bits per heavy atom. The van der Waals surface area contributed by atoms with Gasteiger partial charge in [-0.25, -0.2) is 4.98 Å². The first-order valence-corrected chi connectivity index (χ1v) is 7.46. The molecule has 0 bridgehead atoms. The zero-order valence-corrected chi connectivity index (χ0v) is 13.1. The topological polar surface area (TPSA) is 60.5 Å². The van der Waals surface area contributed by atoms with E-state index in [2.05, 4.69) is 10.3 Å². The molecule has 5 nitrogen and oxygen atoms in total. The van der Waals surface area contributed by atoms with Gasteiger partial charge in [0.1, 0.15) is 16.5 Å². The normalized spacial score (nSPS) is 11.8. The number of nitrogens with zero attached hydrogens (tertiary/aromatic N) is 1. The van der Waals surface area contributed by atoms with E-state index in [0.29, 0.717) is 12.3 Å². The van der Waals surface area contributed by atoms with E-state index < -0.39 is 6.10 Å². The second-order valence-electron chi connectivity index (χ2n) is 4.54. The molecule has 0 saturated heterocycles. The van der Waals surface area contributed by atoms with Crippen LogP contribution < -0.4 is 14.8 Å². The van der Waals surface area contributed by atoms with E-state index >= 15 is 0 Å². The van der Waals surface area contributed by atoms with Gasteiger partial charge in [-0.15, -0.1) is 11.3 Å². The summed E-state index contributed by atoms with van der Waals surface area (Å²) in [5.41, 5.74) is 0.965. The number of hydrogen-bond donors (Lipinski definition) is 1. The average molecular weight is 306 g/mol. The van der Waals surface area contributed by atoms with Gasteiger partial charge < -0.3 is 14.8 Å². The fourth-order valence-electron chi connectivity index (χ4n) is 1.70. The quantitative estimate of drug-likeness (QED) is 0.891. The molecule has 1 amide bonds. The standard InChI is InChI=1S/C15H18N2O3S/c1-10-9-21-14(17-10)8-16-15(18)11(2)20-13-6-4-12(19-3)5-7-13/h4-7,9,11H,8H2,1-3H3,(H,16,18). The molecule has 1 aromatic carbocycles. The highest BCUT2D eigenvalue weighted by Gasteiger charge is 2.14. The van der Waals surface area contributed by atoms with Crippen LogP contribution in [0.4, 0.5) is 0 Å². The highest BCUT2D eigenvalue weighted by atomic mass is 32.1. The van der Waals surface area contributed by atoms with Crippen molar-refractivity contribution in [3.05, 3.63) is 40.3 Å². The Balaban J connectivity index is 1.83. The Kier molecular flexibility index (Phi) is 5.16. The zero-order chi connectivity index (χ0) is 15.2. The summed E-state index contributed by atoms with van der Waals surface area (Å²) in [5, 5.41) is 5.66. The van der Waals surface area contributed by atoms with E-state index in [1.165, 1.54) is 11.3 Å². The summed E-state index contributed by atoms with van der Waals surface area (Å²) in [6.45, 7) is 4.07. The zero-order valence-electron chi connectivity index (χ0n) is 12.3. The van der Waals surface area contributed by atoms with Crippen molar-refractivity contribution in [2.45, 2.75) is 26.5 Å². The Morgan fingerprint density at radius 3 is 2.57 bits per heavy atom. The maximum atomic E-state index is 12.0. The first-order valence-electron chi connectivity index (χ1n) is 6.58. The summed E-state index contributed by atoms with van der Waals surface area (Å²) in [7, 11) is 1.60. The molecule has 21 heavy (non-hydrogen) atoms. The SMILES string of the molecule is COc1ccc(OC(C)C(=O)NCc2nc(C)cs2)cc1. The van der Waals surface area contributed by atoms with E-state index in [4.69, 9.17) is 9.47 Å². The maximum absolute atomic E-state index is 12.0. The van der Waals surface area contributed by atoms with Gasteiger partial charge in [-0.2, -0.15) is 0 Å². The molecule has 0 aliphatic rings. The fraction of sp³-hybridized carbons (Fsp3) is 0.333. The van der Waals surface area contributed by atoms with Gasteiger partial charge in [0.25, 0.3) is 5.91 Å². The van der Waals surface area contributed by atoms with Crippen molar-refractivity contribution in [3.8, 4) is 11.5 Å². The monoisotopic (exact) mass is 306 g/mol. The Morgan fingerprint density at radius 1 is 1.33 bits per heavy atom. The number of hydrogen-bond acceptors (Lipinski definition) is 5. The van der Waals surface area contributed by atoms with E-state index in [0.717, 1.165) is 16.5 Å². The van der Waals surface area contributed by atoms with Gasteiger partial charge in [0.15, 0.2) is 6.10 Å². The molecular weight excluding hydrogens is 288 g/mol. The van der Waals surface area contributed by atoms with Crippen LogP contribution in [0.25, 0.3) is 0 Å². The van der Waals surface area contributed by atoms with Crippen LogP contribution in [0.2, 0.25) is 0 Å². The van der Waals surface area contributed by atoms with Gasteiger partial charge in [0, 0.05) is 11.1 Å². The molecule has 2 rings (SSSR count). The molecule has 1 heterocycles. The van der Waals surface area contributed by atoms with Gasteiger partial charge in [-0.3, -0.25) is 4.79 Å². The first kappa shape index (κ1) is 15.3. The Hall–Kier alpha value is -2.08. The molecule has 1 aromatic heterocycles. The summed E-state index contributed by atoms with van der Waals surface area (Å²) in [4.78, 5) is 16.3. The van der Waals surface area contributed by atoms with Crippen LogP contribution in [0.1, 0.15) is 17.6 Å². The minimum atomic E-state index is -0.570. The molecule has 0 saturated carbocycles. The van der Waals surface area contributed by atoms with Gasteiger partial charge in [-0.1, -0.05) is 0 Å². The van der Waals surface area contributed by atoms with Crippen LogP contribution in [0.5, 0.6) is 11.5 Å². The van der Waals surface area contributed by atoms with Crippen molar-refractivity contribution in [2.75, 3.05) is 7.11 Å². The third-order valence-corrected chi connectivity index (χ3v) is 3.79. The van der Waals surface area contributed by atoms with Crippen molar-refractivity contribution in [3.63, 3.8) is 0 Å². The number of nitrogens with one attached hydrogen (secondary N) is 1. The van der Waals surface area contributed by atoms with E-state index in [1.807, 2.05) is 12.3 Å². The maximum Gasteiger partial charge on any atom is 0.261 e. The fourth-order valence-corrected chi connectivity index (χ4v) is 2.41. The summed E-state index contributed by atoms with van der Waals surface area (Å²) >= 11 is 1.53. The van der Waals surface area contributed by atoms with Gasteiger partial charge >= 0.3 is 0 Å². The highest BCUT2D eigenvalue weighted by molar-refractivity contribution is 7.09. The van der Waals surface area contributed by atoms with Crippen molar-refractivity contribution >= 4 is 17.2 Å². The largest absolute Gasteiger partial charge is 0.497 e. The van der Waals surface area contributed by atoms with E-state index in [-0.39, 0.29) is 5.91 Å². The summed E-state index contributed by atoms with van der Waals surface area (Å²) in [5.74, 6) is 1.21. The third-order valence-electron chi connectivity index (χ3n) is 2.82. The number of aromatic nitrogens is 1. The number of benzene rings is 1. The Labute approximate surface area is 127 Å². The van der Waals surface area contributed by atoms with Crippen molar-refractivity contribution in [1.82, 2.24) is 10.3 Å². The van der Waals surface area contributed by atoms with Crippen LogP contribution in [0.3, 0.4) is 0 Å². The second-order valence-corrected chi connectivity index (χ2v) is 5.48. The molecule has 0 fully saturated rings. The van der Waals surface area contributed by atoms with Crippen LogP contribution in [-0.4, -0.2) is 24.1 Å². The molecule has 0 aliphatic heterocycles. The van der Waals surface area contributed by atoms with Gasteiger partial charge in [0.05, 0.1) is 13.7 Å². The van der Waals surface area contributed by atoms with E-state index in [1.54, 1.807) is 38.3 Å². The van der Waals surface area contributed by atoms with Crippen molar-refractivity contribution in [2.24, 2.45) is 0 Å². The number of thiazole rings is 1. The lowest BCUT2D eigenvalue weighted by Crippen LogP contribution is -2.35. The molecule has 1 unspecified atom stereocenters. The highest BCUT2D eigenvalue weighted by Crippen LogP contribution is 2.18. The minimum Gasteiger partial charge on any atom is -0.497 e. The number of amides is 1. The summed E-state index contributed by atoms with van der Waals surface area (Å²) in [6.07, 6.45) is -0.570. The molecule has 6 heteroatoms. The number of aryl methyl sites for hydroxylation is 1. The molecule has 0 aliphatic carbocycles. The number of rotatable bonds is 6. The number of carbonyl (C=O) groups is 1. The predicted octanol–water partition coefficient (Wildman–Crippen LogP) is 2.54. The lowest BCUT2D eigenvalue weighted by atomic mass is 10.3. The molecule has 0 radical (unpaired) electrons. The van der Waals surface area contributed by atoms with E-state index in [9.17, 15) is 4.79 Å². The molecule has 2 aromatic rings. The van der Waals surface area contributed by atoms with Crippen LogP contribution in [0, 0.1) is 6.92 Å². The van der Waals surface area contributed by atoms with Crippen LogP contribution in [-0.2, 0) is 11.3 Å². The average Bonchev–Trinajstić information content (AvgIpc) is 2.91. The number of methoxy groups -OCH3 is 1. The van der Waals surface area contributed by atoms with Crippen molar-refractivity contribution < 1.29 is 14.3 Å². The lowest BCUT2D eigenvalue weighted by Gasteiger charge is -2.14. The van der Waals surface area contributed by atoms with Crippen LogP contribution in [0.15, 0.2) is 29.6 Å². The lowest BCUT2D eigenvalue weighted by molar-refractivity contribution is -0.127. The second kappa shape index (κ2) is 7.08. The van der Waals surface area contributed by atoms with Gasteiger partial charge in [-0.05, 0) is 38.1 Å². The van der Waals surface area contributed by atoms with Crippen molar-refractivity contribution in [1.29, 1.82) is 0 Å². The van der Waals surface area contributed by atoms with Gasteiger partial charge in [0.2, 0.25) is 0 Å². The molecular formula is C15H18N2O3S. The minimum absolute atomic E-state index is 0.168. The number of ether oxygens (including phenoxy) is 2. The molecule has 0 spiro atoms. The smallest absolute Gasteiger partial charge is 0.261 e. The Bertz CT molecular complexity index is 595. The predicted molar refractivity (Wildman–Crippen MR) is 81.8 cm³/mol. The third kappa shape index (κ3) is 4.46. The molecule has 1 atom stereocenters. The number of carbonyl (C=O) groups excluding carboxylic acids is 1. The first-order chi connectivity index (χ1) is 10.1. The summed E-state index contributed by atoms with van der Waals surface area (Å²) in [6, 6.07) is 7.12. The molecule has 112 valence electrons. The molecule has 1 N–H and O–H groups in total.